The molecule has 0 bridgehead atoms. The van der Waals surface area contributed by atoms with E-state index in [1.54, 1.807) is 12.4 Å². The van der Waals surface area contributed by atoms with Gasteiger partial charge in [0.2, 0.25) is 0 Å². The summed E-state index contributed by atoms with van der Waals surface area (Å²) in [5, 5.41) is 0. The highest BCUT2D eigenvalue weighted by Crippen LogP contribution is 2.23. The summed E-state index contributed by atoms with van der Waals surface area (Å²) in [7, 11) is 0. The molecule has 25 heavy (non-hydrogen) atoms. The van der Waals surface area contributed by atoms with Crippen LogP contribution in [0.3, 0.4) is 0 Å². The first kappa shape index (κ1) is 18.9. The fraction of sp³-hybridized carbons (Fsp3) is 0.450. The van der Waals surface area contributed by atoms with Gasteiger partial charge >= 0.3 is 0 Å². The van der Waals surface area contributed by atoms with Gasteiger partial charge in [0, 0.05) is 25.3 Å². The van der Waals surface area contributed by atoms with Crippen molar-refractivity contribution in [2.45, 2.75) is 40.5 Å². The Kier molecular flexibility index (Phi) is 6.92. The summed E-state index contributed by atoms with van der Waals surface area (Å²) in [5.74, 6) is 0.712. The summed E-state index contributed by atoms with van der Waals surface area (Å²) >= 11 is 0. The molecule has 0 spiro atoms. The third-order valence-electron chi connectivity index (χ3n) is 4.04. The van der Waals surface area contributed by atoms with Crippen molar-refractivity contribution in [2.75, 3.05) is 24.5 Å². The lowest BCUT2D eigenvalue weighted by atomic mass is 10.2. The Morgan fingerprint density at radius 2 is 1.76 bits per heavy atom. The van der Waals surface area contributed by atoms with Gasteiger partial charge in [-0.25, -0.2) is 9.97 Å². The van der Waals surface area contributed by atoms with Crippen LogP contribution in [0, 0.1) is 6.92 Å². The predicted molar refractivity (Wildman–Crippen MR) is 102 cm³/mol. The van der Waals surface area contributed by atoms with Crippen LogP contribution in [-0.2, 0) is 0 Å². The standard InChI is InChI=1S/C20H28N4O/c1-5-11-23(12-6-2)20(25)18-14-22-19(15-21-18)24(7-3)17-10-8-9-16(4)13-17/h8-10,13-15H,5-7,11-12H2,1-4H3. The zero-order chi connectivity index (χ0) is 18.2. The van der Waals surface area contributed by atoms with Gasteiger partial charge in [-0.15, -0.1) is 0 Å². The zero-order valence-corrected chi connectivity index (χ0v) is 15.7. The Hall–Kier alpha value is -2.43. The molecule has 0 saturated carbocycles. The molecule has 0 aliphatic heterocycles. The van der Waals surface area contributed by atoms with Crippen molar-refractivity contribution < 1.29 is 4.79 Å². The Balaban J connectivity index is 2.21. The summed E-state index contributed by atoms with van der Waals surface area (Å²) < 4.78 is 0. The zero-order valence-electron chi connectivity index (χ0n) is 15.7. The highest BCUT2D eigenvalue weighted by atomic mass is 16.2. The van der Waals surface area contributed by atoms with E-state index in [1.165, 1.54) is 5.56 Å². The summed E-state index contributed by atoms with van der Waals surface area (Å²) in [6.07, 6.45) is 5.16. The number of hydrogen-bond donors (Lipinski definition) is 0. The van der Waals surface area contributed by atoms with Crippen LogP contribution in [0.15, 0.2) is 36.7 Å². The number of hydrogen-bond acceptors (Lipinski definition) is 4. The molecule has 134 valence electrons. The number of rotatable bonds is 8. The second kappa shape index (κ2) is 9.16. The molecule has 1 amide bonds. The Morgan fingerprint density at radius 1 is 1.04 bits per heavy atom. The number of amides is 1. The van der Waals surface area contributed by atoms with Crippen molar-refractivity contribution in [2.24, 2.45) is 0 Å². The Bertz CT molecular complexity index is 678. The number of carbonyl (C=O) groups excluding carboxylic acids is 1. The molecule has 2 rings (SSSR count). The molecule has 1 aromatic heterocycles. The molecule has 0 fully saturated rings. The SMILES string of the molecule is CCCN(CCC)C(=O)c1cnc(N(CC)c2cccc(C)c2)cn1. The number of benzene rings is 1. The lowest BCUT2D eigenvalue weighted by molar-refractivity contribution is 0.0749. The van der Waals surface area contributed by atoms with Gasteiger partial charge in [0.1, 0.15) is 5.69 Å². The van der Waals surface area contributed by atoms with Gasteiger partial charge in [0.15, 0.2) is 5.82 Å². The summed E-state index contributed by atoms with van der Waals surface area (Å²) in [4.78, 5) is 25.4. The van der Waals surface area contributed by atoms with Crippen molar-refractivity contribution in [3.05, 3.63) is 47.9 Å². The minimum absolute atomic E-state index is 0.0404. The fourth-order valence-electron chi connectivity index (χ4n) is 2.86. The maximum absolute atomic E-state index is 12.6. The molecule has 1 aromatic carbocycles. The van der Waals surface area contributed by atoms with E-state index in [0.717, 1.165) is 44.0 Å². The second-order valence-electron chi connectivity index (χ2n) is 6.14. The Morgan fingerprint density at radius 3 is 2.28 bits per heavy atom. The highest BCUT2D eigenvalue weighted by molar-refractivity contribution is 5.92. The molecule has 5 nitrogen and oxygen atoms in total. The molecule has 0 unspecified atom stereocenters. The molecule has 0 atom stereocenters. The number of aryl methyl sites for hydroxylation is 1. The average molecular weight is 340 g/mol. The quantitative estimate of drug-likeness (QED) is 0.722. The van der Waals surface area contributed by atoms with Crippen LogP contribution < -0.4 is 4.90 Å². The molecule has 2 aromatic rings. The summed E-state index contributed by atoms with van der Waals surface area (Å²) in [6.45, 7) is 10.6. The van der Waals surface area contributed by atoms with E-state index in [0.29, 0.717) is 5.69 Å². The minimum Gasteiger partial charge on any atom is -0.337 e. The first-order valence-corrected chi connectivity index (χ1v) is 9.06. The Labute approximate surface area is 150 Å². The molecule has 0 N–H and O–H groups in total. The van der Waals surface area contributed by atoms with Crippen LogP contribution in [0.25, 0.3) is 0 Å². The minimum atomic E-state index is -0.0404. The second-order valence-corrected chi connectivity index (χ2v) is 6.14. The largest absolute Gasteiger partial charge is 0.337 e. The topological polar surface area (TPSA) is 49.3 Å². The lowest BCUT2D eigenvalue weighted by Gasteiger charge is -2.23. The first-order chi connectivity index (χ1) is 12.1. The van der Waals surface area contributed by atoms with Gasteiger partial charge in [-0.1, -0.05) is 26.0 Å². The van der Waals surface area contributed by atoms with E-state index < -0.39 is 0 Å². The van der Waals surface area contributed by atoms with Crippen LogP contribution in [0.2, 0.25) is 0 Å². The van der Waals surface area contributed by atoms with Crippen LogP contribution in [0.1, 0.15) is 49.7 Å². The molecule has 0 aliphatic rings. The van der Waals surface area contributed by atoms with E-state index >= 15 is 0 Å². The lowest BCUT2D eigenvalue weighted by Crippen LogP contribution is -2.33. The van der Waals surface area contributed by atoms with Crippen LogP contribution in [-0.4, -0.2) is 40.4 Å². The molecule has 0 aliphatic carbocycles. The molecular weight excluding hydrogens is 312 g/mol. The predicted octanol–water partition coefficient (Wildman–Crippen LogP) is 4.21. The van der Waals surface area contributed by atoms with E-state index in [2.05, 4.69) is 60.8 Å². The number of nitrogens with zero attached hydrogens (tertiary/aromatic N) is 4. The molecular formula is C20H28N4O. The van der Waals surface area contributed by atoms with Gasteiger partial charge in [-0.2, -0.15) is 0 Å². The normalized spacial score (nSPS) is 10.6. The van der Waals surface area contributed by atoms with E-state index in [-0.39, 0.29) is 5.91 Å². The van der Waals surface area contributed by atoms with Gasteiger partial charge in [-0.05, 0) is 44.4 Å². The summed E-state index contributed by atoms with van der Waals surface area (Å²) in [6, 6.07) is 8.28. The third-order valence-corrected chi connectivity index (χ3v) is 4.04. The molecule has 0 radical (unpaired) electrons. The average Bonchev–Trinajstić information content (AvgIpc) is 2.62. The maximum atomic E-state index is 12.6. The monoisotopic (exact) mass is 340 g/mol. The molecule has 1 heterocycles. The van der Waals surface area contributed by atoms with Crippen molar-refractivity contribution in [3.8, 4) is 0 Å². The van der Waals surface area contributed by atoms with Gasteiger partial charge in [-0.3, -0.25) is 4.79 Å². The molecule has 0 saturated heterocycles. The third kappa shape index (κ3) is 4.78. The smallest absolute Gasteiger partial charge is 0.274 e. The van der Waals surface area contributed by atoms with Crippen LogP contribution in [0.4, 0.5) is 11.5 Å². The van der Waals surface area contributed by atoms with Crippen LogP contribution >= 0.6 is 0 Å². The number of aromatic nitrogens is 2. The van der Waals surface area contributed by atoms with Gasteiger partial charge < -0.3 is 9.80 Å². The van der Waals surface area contributed by atoms with E-state index in [9.17, 15) is 4.79 Å². The van der Waals surface area contributed by atoms with Gasteiger partial charge in [0.25, 0.3) is 5.91 Å². The number of carbonyl (C=O) groups is 1. The van der Waals surface area contributed by atoms with Crippen molar-refractivity contribution in [3.63, 3.8) is 0 Å². The highest BCUT2D eigenvalue weighted by Gasteiger charge is 2.17. The summed E-state index contributed by atoms with van der Waals surface area (Å²) in [5.41, 5.74) is 2.69. The van der Waals surface area contributed by atoms with Crippen molar-refractivity contribution >= 4 is 17.4 Å². The van der Waals surface area contributed by atoms with E-state index in [4.69, 9.17) is 0 Å². The van der Waals surface area contributed by atoms with Crippen LogP contribution in [0.5, 0.6) is 0 Å². The van der Waals surface area contributed by atoms with E-state index in [1.807, 2.05) is 11.0 Å². The van der Waals surface area contributed by atoms with Gasteiger partial charge in [0.05, 0.1) is 12.4 Å². The first-order valence-electron chi connectivity index (χ1n) is 9.06. The number of anilines is 2. The molecule has 5 heteroatoms. The van der Waals surface area contributed by atoms with Crippen molar-refractivity contribution in [1.82, 2.24) is 14.9 Å². The van der Waals surface area contributed by atoms with Crippen molar-refractivity contribution in [1.29, 1.82) is 0 Å². The fourth-order valence-corrected chi connectivity index (χ4v) is 2.86. The maximum Gasteiger partial charge on any atom is 0.274 e.